The number of aliphatic imine (C=N–C) groups is 1. The van der Waals surface area contributed by atoms with Gasteiger partial charge in [-0.3, -0.25) is 4.99 Å². The molecule has 0 bridgehead atoms. The van der Waals surface area contributed by atoms with Crippen molar-refractivity contribution in [3.63, 3.8) is 0 Å². The van der Waals surface area contributed by atoms with Crippen molar-refractivity contribution in [2.75, 3.05) is 39.8 Å². The molecular weight excluding hydrogens is 366 g/mol. The van der Waals surface area contributed by atoms with Crippen molar-refractivity contribution in [1.29, 1.82) is 0 Å². The molecule has 0 aromatic heterocycles. The van der Waals surface area contributed by atoms with Gasteiger partial charge in [0.2, 0.25) is 0 Å². The van der Waals surface area contributed by atoms with Gasteiger partial charge in [0.15, 0.2) is 5.96 Å². The van der Waals surface area contributed by atoms with Crippen LogP contribution in [0.5, 0.6) is 0 Å². The number of amides is 1. The second-order valence-electron chi connectivity index (χ2n) is 9.36. The number of guanidine groups is 1. The van der Waals surface area contributed by atoms with E-state index in [1.165, 1.54) is 38.8 Å². The van der Waals surface area contributed by atoms with Gasteiger partial charge in [-0.1, -0.05) is 19.8 Å². The van der Waals surface area contributed by atoms with Gasteiger partial charge >= 0.3 is 6.09 Å². The first kappa shape index (κ1) is 23.8. The highest BCUT2D eigenvalue weighted by molar-refractivity contribution is 5.80. The number of hydrogen-bond donors (Lipinski definition) is 2. The van der Waals surface area contributed by atoms with E-state index >= 15 is 0 Å². The molecule has 7 heteroatoms. The lowest BCUT2D eigenvalue weighted by atomic mass is 10.0. The molecule has 1 saturated carbocycles. The zero-order chi connectivity index (χ0) is 21.3. The third-order valence-corrected chi connectivity index (χ3v) is 5.75. The maximum atomic E-state index is 12.4. The number of likely N-dealkylation sites (tertiary alicyclic amines) is 1. The van der Waals surface area contributed by atoms with Gasteiger partial charge < -0.3 is 25.2 Å². The number of hydrogen-bond acceptors (Lipinski definition) is 4. The third-order valence-electron chi connectivity index (χ3n) is 5.75. The minimum absolute atomic E-state index is 0.247. The van der Waals surface area contributed by atoms with E-state index in [9.17, 15) is 4.79 Å². The summed E-state index contributed by atoms with van der Waals surface area (Å²) in [5.41, 5.74) is -0.471. The molecule has 2 fully saturated rings. The molecule has 1 aliphatic carbocycles. The summed E-state index contributed by atoms with van der Waals surface area (Å²) in [6.45, 7) is 12.1. The number of nitrogens with zero attached hydrogens (tertiary/aromatic N) is 3. The van der Waals surface area contributed by atoms with Crippen LogP contribution in [0.15, 0.2) is 4.99 Å². The van der Waals surface area contributed by atoms with Gasteiger partial charge in [-0.05, 0) is 52.9 Å². The van der Waals surface area contributed by atoms with Crippen LogP contribution in [0.2, 0.25) is 0 Å². The molecule has 29 heavy (non-hydrogen) atoms. The first-order valence-corrected chi connectivity index (χ1v) is 11.5. The fourth-order valence-corrected chi connectivity index (χ4v) is 4.27. The van der Waals surface area contributed by atoms with Crippen molar-refractivity contribution in [2.24, 2.45) is 4.99 Å². The molecule has 0 aromatic carbocycles. The van der Waals surface area contributed by atoms with Crippen LogP contribution < -0.4 is 10.6 Å². The summed E-state index contributed by atoms with van der Waals surface area (Å²) < 4.78 is 5.52. The molecule has 0 unspecified atom stereocenters. The van der Waals surface area contributed by atoms with Gasteiger partial charge in [0.1, 0.15) is 5.60 Å². The Morgan fingerprint density at radius 2 is 1.79 bits per heavy atom. The second-order valence-corrected chi connectivity index (χ2v) is 9.36. The van der Waals surface area contributed by atoms with Crippen molar-refractivity contribution < 1.29 is 9.53 Å². The van der Waals surface area contributed by atoms with Crippen LogP contribution >= 0.6 is 0 Å². The molecule has 1 heterocycles. The van der Waals surface area contributed by atoms with Gasteiger partial charge in [-0.25, -0.2) is 4.79 Å². The van der Waals surface area contributed by atoms with Gasteiger partial charge in [0, 0.05) is 51.9 Å². The smallest absolute Gasteiger partial charge is 0.410 e. The Kier molecular flexibility index (Phi) is 9.53. The van der Waals surface area contributed by atoms with Crippen molar-refractivity contribution >= 4 is 12.1 Å². The van der Waals surface area contributed by atoms with E-state index in [4.69, 9.17) is 4.74 Å². The maximum Gasteiger partial charge on any atom is 0.410 e. The molecule has 0 aromatic rings. The number of carbonyl (C=O) groups excluding carboxylic acids is 1. The van der Waals surface area contributed by atoms with Crippen molar-refractivity contribution in [3.8, 4) is 0 Å². The fraction of sp³-hybridized carbons (Fsp3) is 0.909. The number of carbonyl (C=O) groups is 1. The molecule has 0 spiro atoms. The van der Waals surface area contributed by atoms with Crippen molar-refractivity contribution in [3.05, 3.63) is 0 Å². The van der Waals surface area contributed by atoms with E-state index in [2.05, 4.69) is 27.4 Å². The van der Waals surface area contributed by atoms with E-state index in [0.717, 1.165) is 31.3 Å². The van der Waals surface area contributed by atoms with Crippen LogP contribution in [0.3, 0.4) is 0 Å². The van der Waals surface area contributed by atoms with Crippen LogP contribution in [-0.2, 0) is 4.74 Å². The molecule has 1 aliphatic heterocycles. The summed E-state index contributed by atoms with van der Waals surface area (Å²) in [6, 6.07) is 1.29. The molecule has 168 valence electrons. The zero-order valence-corrected chi connectivity index (χ0v) is 19.3. The summed E-state index contributed by atoms with van der Waals surface area (Å²) >= 11 is 0. The predicted molar refractivity (Wildman–Crippen MR) is 119 cm³/mol. The van der Waals surface area contributed by atoms with Gasteiger partial charge in [-0.2, -0.15) is 0 Å². The van der Waals surface area contributed by atoms with E-state index in [0.29, 0.717) is 25.7 Å². The molecular formula is C22H43N5O2. The highest BCUT2D eigenvalue weighted by atomic mass is 16.6. The lowest BCUT2D eigenvalue weighted by Gasteiger charge is -2.36. The summed E-state index contributed by atoms with van der Waals surface area (Å²) in [7, 11) is 1.81. The third kappa shape index (κ3) is 8.41. The van der Waals surface area contributed by atoms with Crippen LogP contribution in [-0.4, -0.2) is 79.3 Å². The number of nitrogens with one attached hydrogen (secondary N) is 2. The zero-order valence-electron chi connectivity index (χ0n) is 19.3. The lowest BCUT2D eigenvalue weighted by Crippen LogP contribution is -2.51. The Hall–Kier alpha value is -1.50. The SMILES string of the molecule is CCCN(CCNC(=NC)NC1CCN(C2CCCC2)CC1)C(=O)OC(C)(C)C. The molecule has 0 atom stereocenters. The quantitative estimate of drug-likeness (QED) is 0.499. The standard InChI is InChI=1S/C22H43N5O2/c1-6-14-27(21(28)29-22(2,3)4)17-13-24-20(23-5)25-18-11-15-26(16-12-18)19-9-7-8-10-19/h18-19H,6-17H2,1-5H3,(H2,23,24,25). The molecule has 1 saturated heterocycles. The highest BCUT2D eigenvalue weighted by Crippen LogP contribution is 2.26. The second kappa shape index (κ2) is 11.6. The Morgan fingerprint density at radius 1 is 1.14 bits per heavy atom. The Labute approximate surface area is 177 Å². The number of ether oxygens (including phenoxy) is 1. The summed E-state index contributed by atoms with van der Waals surface area (Å²) in [4.78, 5) is 21.2. The Bertz CT molecular complexity index is 518. The maximum absolute atomic E-state index is 12.4. The van der Waals surface area contributed by atoms with Gasteiger partial charge in [0.05, 0.1) is 0 Å². The topological polar surface area (TPSA) is 69.2 Å². The molecule has 2 rings (SSSR count). The monoisotopic (exact) mass is 409 g/mol. The van der Waals surface area contributed by atoms with Crippen LogP contribution in [0.25, 0.3) is 0 Å². The Morgan fingerprint density at radius 3 is 2.34 bits per heavy atom. The van der Waals surface area contributed by atoms with Crippen molar-refractivity contribution in [1.82, 2.24) is 20.4 Å². The van der Waals surface area contributed by atoms with Crippen LogP contribution in [0.1, 0.15) is 72.6 Å². The van der Waals surface area contributed by atoms with Gasteiger partial charge in [-0.15, -0.1) is 0 Å². The first-order valence-electron chi connectivity index (χ1n) is 11.5. The number of piperidine rings is 1. The summed E-state index contributed by atoms with van der Waals surface area (Å²) in [6.07, 6.45) is 8.55. The normalized spacial score (nSPS) is 20.0. The molecule has 2 N–H and O–H groups in total. The molecule has 0 radical (unpaired) electrons. The van der Waals surface area contributed by atoms with E-state index < -0.39 is 5.60 Å². The minimum Gasteiger partial charge on any atom is -0.444 e. The Balaban J connectivity index is 1.71. The fourth-order valence-electron chi connectivity index (χ4n) is 4.27. The molecule has 7 nitrogen and oxygen atoms in total. The average molecular weight is 410 g/mol. The molecule has 2 aliphatic rings. The van der Waals surface area contributed by atoms with Crippen LogP contribution in [0.4, 0.5) is 4.79 Å². The minimum atomic E-state index is -0.471. The van der Waals surface area contributed by atoms with Crippen molar-refractivity contribution in [2.45, 2.75) is 90.3 Å². The first-order chi connectivity index (χ1) is 13.8. The lowest BCUT2D eigenvalue weighted by molar-refractivity contribution is 0.0253. The summed E-state index contributed by atoms with van der Waals surface area (Å²) in [5.74, 6) is 0.824. The van der Waals surface area contributed by atoms with E-state index in [1.54, 1.807) is 11.9 Å². The van der Waals surface area contributed by atoms with E-state index in [-0.39, 0.29) is 6.09 Å². The average Bonchev–Trinajstić information content (AvgIpc) is 3.20. The largest absolute Gasteiger partial charge is 0.444 e. The highest BCUT2D eigenvalue weighted by Gasteiger charge is 2.27. The summed E-state index contributed by atoms with van der Waals surface area (Å²) in [5, 5.41) is 6.93. The predicted octanol–water partition coefficient (Wildman–Crippen LogP) is 3.21. The number of rotatable bonds is 7. The van der Waals surface area contributed by atoms with Crippen LogP contribution in [0, 0.1) is 0 Å². The van der Waals surface area contributed by atoms with E-state index in [1.807, 2.05) is 20.8 Å². The van der Waals surface area contributed by atoms with Gasteiger partial charge in [0.25, 0.3) is 0 Å². The molecule has 1 amide bonds.